The molecule has 18 heavy (non-hydrogen) atoms. The Labute approximate surface area is 116 Å². The maximum absolute atomic E-state index is 6.35. The van der Waals surface area contributed by atoms with Crippen LogP contribution in [0.15, 0.2) is 0 Å². The maximum atomic E-state index is 6.35. The molecule has 0 bridgehead atoms. The molecule has 1 aromatic heterocycles. The highest BCUT2D eigenvalue weighted by atomic mass is 35.5. The number of aromatic nitrogens is 2. The topological polar surface area (TPSA) is 29.9 Å². The van der Waals surface area contributed by atoms with Crippen molar-refractivity contribution in [2.75, 3.05) is 6.54 Å². The average Bonchev–Trinajstić information content (AvgIpc) is 2.70. The van der Waals surface area contributed by atoms with Crippen LogP contribution in [0.4, 0.5) is 0 Å². The van der Waals surface area contributed by atoms with E-state index in [4.69, 9.17) is 11.6 Å². The van der Waals surface area contributed by atoms with Crippen molar-refractivity contribution in [3.05, 3.63) is 16.4 Å². The molecule has 0 aliphatic rings. The van der Waals surface area contributed by atoms with Gasteiger partial charge in [-0.2, -0.15) is 5.10 Å². The number of rotatable bonds is 9. The minimum atomic E-state index is 0.825. The van der Waals surface area contributed by atoms with Crippen LogP contribution in [0.2, 0.25) is 5.02 Å². The number of hydrogen-bond acceptors (Lipinski definition) is 2. The Morgan fingerprint density at radius 3 is 2.56 bits per heavy atom. The Hall–Kier alpha value is -0.540. The second-order valence-electron chi connectivity index (χ2n) is 4.61. The third-order valence-electron chi connectivity index (χ3n) is 3.19. The third-order valence-corrected chi connectivity index (χ3v) is 3.63. The molecule has 1 heterocycles. The largest absolute Gasteiger partial charge is 0.311 e. The Kier molecular flexibility index (Phi) is 7.36. The van der Waals surface area contributed by atoms with Crippen molar-refractivity contribution in [1.82, 2.24) is 15.1 Å². The summed E-state index contributed by atoms with van der Waals surface area (Å²) in [5, 5.41) is 8.84. The molecule has 0 atom stereocenters. The van der Waals surface area contributed by atoms with Crippen LogP contribution in [0.5, 0.6) is 0 Å². The van der Waals surface area contributed by atoms with Gasteiger partial charge in [-0.3, -0.25) is 4.68 Å². The van der Waals surface area contributed by atoms with Gasteiger partial charge in [0.05, 0.1) is 16.4 Å². The van der Waals surface area contributed by atoms with Crippen molar-refractivity contribution in [1.29, 1.82) is 0 Å². The molecule has 0 saturated heterocycles. The molecular formula is C14H26ClN3. The zero-order valence-corrected chi connectivity index (χ0v) is 12.7. The van der Waals surface area contributed by atoms with Crippen molar-refractivity contribution in [2.24, 2.45) is 0 Å². The number of halogens is 1. The molecule has 0 aliphatic carbocycles. The van der Waals surface area contributed by atoms with E-state index in [0.717, 1.165) is 42.5 Å². The van der Waals surface area contributed by atoms with Crippen molar-refractivity contribution in [2.45, 2.75) is 66.0 Å². The molecule has 4 heteroatoms. The average molecular weight is 272 g/mol. The fourth-order valence-corrected chi connectivity index (χ4v) is 2.41. The van der Waals surface area contributed by atoms with Crippen LogP contribution < -0.4 is 5.32 Å². The lowest BCUT2D eigenvalue weighted by Crippen LogP contribution is -2.18. The van der Waals surface area contributed by atoms with Crippen molar-refractivity contribution >= 4 is 11.6 Å². The van der Waals surface area contributed by atoms with Gasteiger partial charge >= 0.3 is 0 Å². The van der Waals surface area contributed by atoms with Crippen LogP contribution >= 0.6 is 11.6 Å². The summed E-state index contributed by atoms with van der Waals surface area (Å²) < 4.78 is 2.01. The minimum absolute atomic E-state index is 0.825. The molecular weight excluding hydrogens is 246 g/mol. The number of hydrogen-bond donors (Lipinski definition) is 1. The lowest BCUT2D eigenvalue weighted by atomic mass is 10.2. The van der Waals surface area contributed by atoms with Crippen LogP contribution in [0.1, 0.15) is 57.8 Å². The first-order valence-electron chi connectivity index (χ1n) is 7.19. The third kappa shape index (κ3) is 4.29. The predicted octanol–water partition coefficient (Wildman–Crippen LogP) is 3.79. The highest BCUT2D eigenvalue weighted by Gasteiger charge is 2.13. The van der Waals surface area contributed by atoms with Gasteiger partial charge in [-0.25, -0.2) is 0 Å². The van der Waals surface area contributed by atoms with E-state index >= 15 is 0 Å². The highest BCUT2D eigenvalue weighted by molar-refractivity contribution is 6.31. The Bertz CT molecular complexity index is 347. The molecule has 0 fully saturated rings. The second kappa shape index (κ2) is 8.54. The lowest BCUT2D eigenvalue weighted by molar-refractivity contribution is 0.556. The van der Waals surface area contributed by atoms with Gasteiger partial charge in [-0.05, 0) is 26.3 Å². The fraction of sp³-hybridized carbons (Fsp3) is 0.786. The van der Waals surface area contributed by atoms with Gasteiger partial charge in [0.15, 0.2) is 0 Å². The smallest absolute Gasteiger partial charge is 0.0863 e. The number of nitrogens with one attached hydrogen (secondary N) is 1. The molecule has 1 rings (SSSR count). The fourth-order valence-electron chi connectivity index (χ4n) is 2.07. The molecule has 0 saturated carbocycles. The maximum Gasteiger partial charge on any atom is 0.0863 e. The first kappa shape index (κ1) is 15.5. The Morgan fingerprint density at radius 2 is 1.94 bits per heavy atom. The summed E-state index contributed by atoms with van der Waals surface area (Å²) in [6.45, 7) is 9.20. The molecule has 0 aliphatic heterocycles. The molecule has 0 spiro atoms. The van der Waals surface area contributed by atoms with Gasteiger partial charge in [-0.1, -0.05) is 44.7 Å². The van der Waals surface area contributed by atoms with Crippen LogP contribution in [0.3, 0.4) is 0 Å². The van der Waals surface area contributed by atoms with Crippen LogP contribution in [-0.2, 0) is 19.5 Å². The van der Waals surface area contributed by atoms with Crippen LogP contribution in [-0.4, -0.2) is 16.3 Å². The molecule has 1 aromatic rings. The summed E-state index contributed by atoms with van der Waals surface area (Å²) in [5.41, 5.74) is 2.15. The second-order valence-corrected chi connectivity index (χ2v) is 4.99. The summed E-state index contributed by atoms with van der Waals surface area (Å²) in [6, 6.07) is 0. The molecule has 104 valence electrons. The van der Waals surface area contributed by atoms with Gasteiger partial charge in [0, 0.05) is 13.1 Å². The first-order chi connectivity index (χ1) is 8.74. The quantitative estimate of drug-likeness (QED) is 0.693. The summed E-state index contributed by atoms with van der Waals surface area (Å²) >= 11 is 6.35. The van der Waals surface area contributed by atoms with E-state index in [0.29, 0.717) is 0 Å². The molecule has 1 N–H and O–H groups in total. The van der Waals surface area contributed by atoms with Gasteiger partial charge in [0.25, 0.3) is 0 Å². The highest BCUT2D eigenvalue weighted by Crippen LogP contribution is 2.21. The summed E-state index contributed by atoms with van der Waals surface area (Å²) in [6.07, 6.45) is 6.07. The molecule has 0 unspecified atom stereocenters. The Morgan fingerprint density at radius 1 is 1.17 bits per heavy atom. The van der Waals surface area contributed by atoms with Crippen molar-refractivity contribution in [3.8, 4) is 0 Å². The van der Waals surface area contributed by atoms with Crippen LogP contribution in [0.25, 0.3) is 0 Å². The normalized spacial score (nSPS) is 11.1. The summed E-state index contributed by atoms with van der Waals surface area (Å²) in [5.74, 6) is 0. The zero-order chi connectivity index (χ0) is 13.4. The Balaban J connectivity index is 2.43. The van der Waals surface area contributed by atoms with Gasteiger partial charge < -0.3 is 5.32 Å². The molecule has 0 radical (unpaired) electrons. The minimum Gasteiger partial charge on any atom is -0.311 e. The molecule has 3 nitrogen and oxygen atoms in total. The van der Waals surface area contributed by atoms with Crippen molar-refractivity contribution in [3.63, 3.8) is 0 Å². The van der Waals surface area contributed by atoms with Gasteiger partial charge in [-0.15, -0.1) is 0 Å². The molecule has 0 amide bonds. The molecule has 0 aromatic carbocycles. The van der Waals surface area contributed by atoms with E-state index in [-0.39, 0.29) is 0 Å². The van der Waals surface area contributed by atoms with E-state index in [2.05, 4.69) is 31.2 Å². The monoisotopic (exact) mass is 271 g/mol. The van der Waals surface area contributed by atoms with E-state index in [9.17, 15) is 0 Å². The zero-order valence-electron chi connectivity index (χ0n) is 11.9. The SMILES string of the molecule is CCCCCCNCc1c(Cl)c(CC)nn1CC. The first-order valence-corrected chi connectivity index (χ1v) is 7.57. The van der Waals surface area contributed by atoms with Crippen LogP contribution in [0, 0.1) is 0 Å². The van der Waals surface area contributed by atoms with Gasteiger partial charge in [0.1, 0.15) is 0 Å². The number of unbranched alkanes of at least 4 members (excludes halogenated alkanes) is 3. The van der Waals surface area contributed by atoms with Gasteiger partial charge in [0.2, 0.25) is 0 Å². The van der Waals surface area contributed by atoms with E-state index in [1.165, 1.54) is 25.7 Å². The summed E-state index contributed by atoms with van der Waals surface area (Å²) in [7, 11) is 0. The van der Waals surface area contributed by atoms with E-state index in [1.54, 1.807) is 0 Å². The van der Waals surface area contributed by atoms with E-state index in [1.807, 2.05) is 4.68 Å². The number of aryl methyl sites for hydroxylation is 2. The van der Waals surface area contributed by atoms with Crippen molar-refractivity contribution < 1.29 is 0 Å². The summed E-state index contributed by atoms with van der Waals surface area (Å²) in [4.78, 5) is 0. The van der Waals surface area contributed by atoms with E-state index < -0.39 is 0 Å². The predicted molar refractivity (Wildman–Crippen MR) is 78.1 cm³/mol. The lowest BCUT2D eigenvalue weighted by Gasteiger charge is -2.07. The standard InChI is InChI=1S/C14H26ClN3/c1-4-7-8-9-10-16-11-13-14(15)12(5-2)17-18(13)6-3/h16H,4-11H2,1-3H3. The number of nitrogens with zero attached hydrogens (tertiary/aromatic N) is 2.